The summed E-state index contributed by atoms with van der Waals surface area (Å²) in [4.78, 5) is 30.2. The van der Waals surface area contributed by atoms with Crippen molar-refractivity contribution in [2.75, 3.05) is 4.90 Å². The molecule has 5 nitrogen and oxygen atoms in total. The number of amides is 1. The van der Waals surface area contributed by atoms with Crippen molar-refractivity contribution in [2.24, 2.45) is 0 Å². The van der Waals surface area contributed by atoms with Gasteiger partial charge in [0.05, 0.1) is 21.7 Å². The number of pyridine rings is 1. The number of rotatable bonds is 3. The molecular formula is C20H12N2O3S2. The summed E-state index contributed by atoms with van der Waals surface area (Å²) < 4.78 is 0.372. The normalized spacial score (nSPS) is 15.7. The van der Waals surface area contributed by atoms with Gasteiger partial charge in [-0.2, -0.15) is 0 Å². The average Bonchev–Trinajstić information content (AvgIpc) is 2.95. The van der Waals surface area contributed by atoms with Gasteiger partial charge in [0, 0.05) is 11.6 Å². The highest BCUT2D eigenvalue weighted by molar-refractivity contribution is 8.27. The number of hydrogen-bond donors (Lipinski definition) is 1. The lowest BCUT2D eigenvalue weighted by atomic mass is 10.1. The summed E-state index contributed by atoms with van der Waals surface area (Å²) in [5.41, 5.74) is 2.30. The largest absolute Gasteiger partial charge is 0.478 e. The van der Waals surface area contributed by atoms with Crippen LogP contribution in [0.3, 0.4) is 0 Å². The van der Waals surface area contributed by atoms with E-state index in [1.54, 1.807) is 24.4 Å². The van der Waals surface area contributed by atoms with E-state index in [0.717, 1.165) is 16.5 Å². The van der Waals surface area contributed by atoms with Crippen LogP contribution in [-0.2, 0) is 4.79 Å². The van der Waals surface area contributed by atoms with Crippen molar-refractivity contribution in [3.8, 4) is 0 Å². The second-order valence-electron chi connectivity index (χ2n) is 5.83. The van der Waals surface area contributed by atoms with Gasteiger partial charge in [0.25, 0.3) is 5.91 Å². The molecule has 1 aliphatic heterocycles. The van der Waals surface area contributed by atoms with Gasteiger partial charge < -0.3 is 5.11 Å². The maximum atomic E-state index is 12.9. The van der Waals surface area contributed by atoms with E-state index >= 15 is 0 Å². The van der Waals surface area contributed by atoms with Crippen LogP contribution >= 0.6 is 24.0 Å². The molecule has 1 aromatic heterocycles. The number of aromatic carboxylic acids is 1. The molecule has 0 radical (unpaired) electrons. The van der Waals surface area contributed by atoms with Crippen LogP contribution in [0.2, 0.25) is 0 Å². The fourth-order valence-corrected chi connectivity index (χ4v) is 4.10. The molecule has 4 rings (SSSR count). The summed E-state index contributed by atoms with van der Waals surface area (Å²) in [7, 11) is 0. The van der Waals surface area contributed by atoms with Gasteiger partial charge in [-0.1, -0.05) is 42.2 Å². The molecule has 0 bridgehead atoms. The summed E-state index contributed by atoms with van der Waals surface area (Å²) in [5.74, 6) is -1.32. The SMILES string of the molecule is O=C(O)c1cccc(N2C(=O)/C(=C\c3ccc4ncccc4c3)SC2=S)c1. The number of carbonyl (C=O) groups is 2. The van der Waals surface area contributed by atoms with Crippen LogP contribution in [0, 0.1) is 0 Å². The Labute approximate surface area is 164 Å². The van der Waals surface area contributed by atoms with Gasteiger partial charge in [-0.3, -0.25) is 14.7 Å². The van der Waals surface area contributed by atoms with E-state index in [-0.39, 0.29) is 11.5 Å². The van der Waals surface area contributed by atoms with Crippen LogP contribution in [0.1, 0.15) is 15.9 Å². The van der Waals surface area contributed by atoms with E-state index in [9.17, 15) is 9.59 Å². The van der Waals surface area contributed by atoms with Crippen molar-refractivity contribution in [2.45, 2.75) is 0 Å². The summed E-state index contributed by atoms with van der Waals surface area (Å²) in [6.45, 7) is 0. The summed E-state index contributed by atoms with van der Waals surface area (Å²) >= 11 is 6.55. The first-order chi connectivity index (χ1) is 13.0. The van der Waals surface area contributed by atoms with E-state index in [2.05, 4.69) is 4.98 Å². The standard InChI is InChI=1S/C20H12N2O3S2/c23-18-17(10-12-6-7-16-13(9-12)4-2-8-21-16)27-20(26)22(18)15-5-1-3-14(11-15)19(24)25/h1-11H,(H,24,25)/b17-10+. The van der Waals surface area contributed by atoms with Crippen molar-refractivity contribution in [3.05, 3.63) is 76.8 Å². The topological polar surface area (TPSA) is 70.5 Å². The van der Waals surface area contributed by atoms with Crippen LogP contribution in [0.25, 0.3) is 17.0 Å². The van der Waals surface area contributed by atoms with Crippen molar-refractivity contribution in [3.63, 3.8) is 0 Å². The zero-order valence-electron chi connectivity index (χ0n) is 13.8. The van der Waals surface area contributed by atoms with Crippen molar-refractivity contribution in [1.29, 1.82) is 0 Å². The Balaban J connectivity index is 1.68. The van der Waals surface area contributed by atoms with Crippen LogP contribution in [0.4, 0.5) is 5.69 Å². The predicted molar refractivity (Wildman–Crippen MR) is 111 cm³/mol. The number of nitrogens with zero attached hydrogens (tertiary/aromatic N) is 2. The number of anilines is 1. The third-order valence-electron chi connectivity index (χ3n) is 4.07. The van der Waals surface area contributed by atoms with Gasteiger partial charge in [-0.25, -0.2) is 4.79 Å². The van der Waals surface area contributed by atoms with E-state index in [4.69, 9.17) is 17.3 Å². The Morgan fingerprint density at radius 3 is 2.81 bits per heavy atom. The highest BCUT2D eigenvalue weighted by Gasteiger charge is 2.33. The molecule has 7 heteroatoms. The smallest absolute Gasteiger partial charge is 0.335 e. The van der Waals surface area contributed by atoms with E-state index in [1.165, 1.54) is 28.8 Å². The number of hydrogen-bond acceptors (Lipinski definition) is 5. The summed E-state index contributed by atoms with van der Waals surface area (Å²) in [5, 5.41) is 10.1. The molecule has 0 saturated carbocycles. The highest BCUT2D eigenvalue weighted by Crippen LogP contribution is 2.36. The van der Waals surface area contributed by atoms with Gasteiger partial charge in [0.1, 0.15) is 0 Å². The number of fused-ring (bicyclic) bond motifs is 1. The van der Waals surface area contributed by atoms with E-state index < -0.39 is 5.97 Å². The van der Waals surface area contributed by atoms with Gasteiger partial charge in [-0.05, 0) is 48.0 Å². The molecular weight excluding hydrogens is 380 g/mol. The molecule has 2 aromatic carbocycles. The molecule has 0 spiro atoms. The Bertz CT molecular complexity index is 1140. The lowest BCUT2D eigenvalue weighted by molar-refractivity contribution is -0.113. The minimum atomic E-state index is -1.05. The molecule has 1 fully saturated rings. The quantitative estimate of drug-likeness (QED) is 0.528. The number of carboxylic acid groups (broad SMARTS) is 1. The molecule has 2 heterocycles. The van der Waals surface area contributed by atoms with Crippen LogP contribution in [0.5, 0.6) is 0 Å². The molecule has 27 heavy (non-hydrogen) atoms. The Kier molecular flexibility index (Phi) is 4.47. The second-order valence-corrected chi connectivity index (χ2v) is 7.50. The zero-order valence-corrected chi connectivity index (χ0v) is 15.5. The average molecular weight is 392 g/mol. The molecule has 3 aromatic rings. The van der Waals surface area contributed by atoms with Gasteiger partial charge in [0.2, 0.25) is 0 Å². The molecule has 0 aliphatic carbocycles. The number of benzene rings is 2. The number of aromatic nitrogens is 1. The van der Waals surface area contributed by atoms with Crippen molar-refractivity contribution < 1.29 is 14.7 Å². The molecule has 1 saturated heterocycles. The van der Waals surface area contributed by atoms with Crippen LogP contribution in [0.15, 0.2) is 65.7 Å². The van der Waals surface area contributed by atoms with Crippen molar-refractivity contribution in [1.82, 2.24) is 4.98 Å². The van der Waals surface area contributed by atoms with Crippen molar-refractivity contribution >= 4 is 62.8 Å². The first kappa shape index (κ1) is 17.4. The maximum Gasteiger partial charge on any atom is 0.335 e. The lowest BCUT2D eigenvalue weighted by Crippen LogP contribution is -2.27. The number of thiocarbonyl (C=S) groups is 1. The Hall–Kier alpha value is -3.03. The fraction of sp³-hybridized carbons (Fsp3) is 0. The van der Waals surface area contributed by atoms with E-state index in [1.807, 2.05) is 30.3 Å². The highest BCUT2D eigenvalue weighted by atomic mass is 32.2. The number of carbonyl (C=O) groups excluding carboxylic acids is 1. The molecule has 1 amide bonds. The van der Waals surface area contributed by atoms with E-state index in [0.29, 0.717) is 14.9 Å². The minimum absolute atomic E-state index is 0.104. The van der Waals surface area contributed by atoms with Gasteiger partial charge >= 0.3 is 5.97 Å². The molecule has 0 atom stereocenters. The number of thioether (sulfide) groups is 1. The maximum absolute atomic E-state index is 12.9. The van der Waals surface area contributed by atoms with Crippen LogP contribution < -0.4 is 4.90 Å². The van der Waals surface area contributed by atoms with Crippen LogP contribution in [-0.4, -0.2) is 26.3 Å². The predicted octanol–water partition coefficient (Wildman–Crippen LogP) is 4.34. The Morgan fingerprint density at radius 1 is 1.15 bits per heavy atom. The first-order valence-corrected chi connectivity index (χ1v) is 9.21. The molecule has 132 valence electrons. The minimum Gasteiger partial charge on any atom is -0.478 e. The third-order valence-corrected chi connectivity index (χ3v) is 5.37. The Morgan fingerprint density at radius 2 is 2.00 bits per heavy atom. The summed E-state index contributed by atoms with van der Waals surface area (Å²) in [6.07, 6.45) is 3.52. The third kappa shape index (κ3) is 3.34. The zero-order chi connectivity index (χ0) is 19.0. The lowest BCUT2D eigenvalue weighted by Gasteiger charge is -2.14. The first-order valence-electron chi connectivity index (χ1n) is 7.99. The molecule has 1 N–H and O–H groups in total. The number of carboxylic acids is 1. The molecule has 1 aliphatic rings. The summed E-state index contributed by atoms with van der Waals surface area (Å²) in [6, 6.07) is 15.8. The van der Waals surface area contributed by atoms with Gasteiger partial charge in [0.15, 0.2) is 4.32 Å². The monoisotopic (exact) mass is 392 g/mol. The fourth-order valence-electron chi connectivity index (χ4n) is 2.80. The second kappa shape index (κ2) is 6.94. The van der Waals surface area contributed by atoms with Gasteiger partial charge in [-0.15, -0.1) is 0 Å². The molecule has 0 unspecified atom stereocenters.